The number of aromatic nitrogens is 4. The number of aryl methyl sites for hydroxylation is 1. The number of nitrogens with one attached hydrogen (secondary N) is 2. The van der Waals surface area contributed by atoms with Gasteiger partial charge in [-0.2, -0.15) is 5.10 Å². The van der Waals surface area contributed by atoms with E-state index in [2.05, 4.69) is 15.4 Å². The van der Waals surface area contributed by atoms with Gasteiger partial charge < -0.3 is 15.0 Å². The Morgan fingerprint density at radius 2 is 2.07 bits per heavy atom. The Balaban J connectivity index is 1.82. The Kier molecular flexibility index (Phi) is 5.07. The van der Waals surface area contributed by atoms with Gasteiger partial charge in [-0.25, -0.2) is 4.98 Å². The number of nitrogens with zero attached hydrogens (tertiary/aromatic N) is 3. The molecule has 1 saturated carbocycles. The fourth-order valence-corrected chi connectivity index (χ4v) is 4.11. The Labute approximate surface area is 164 Å². The molecular weight excluding hydrogens is 354 g/mol. The summed E-state index contributed by atoms with van der Waals surface area (Å²) >= 11 is 0. The summed E-state index contributed by atoms with van der Waals surface area (Å²) in [4.78, 5) is 20.7. The predicted molar refractivity (Wildman–Crippen MR) is 111 cm³/mol. The SMILES string of the molecule is CCNc1ccc(-c2nc3c(C)nn(C4CCCCC4)c3c(=O)[nH]2)c(OC)c1. The number of aromatic amines is 1. The molecule has 28 heavy (non-hydrogen) atoms. The Bertz CT molecular complexity index is 1050. The van der Waals surface area contributed by atoms with Gasteiger partial charge in [0.15, 0.2) is 5.52 Å². The third-order valence-corrected chi connectivity index (χ3v) is 5.48. The van der Waals surface area contributed by atoms with Gasteiger partial charge in [0.05, 0.1) is 24.4 Å². The number of benzene rings is 1. The maximum Gasteiger partial charge on any atom is 0.277 e. The van der Waals surface area contributed by atoms with Crippen molar-refractivity contribution in [2.45, 2.75) is 52.0 Å². The molecule has 1 fully saturated rings. The highest BCUT2D eigenvalue weighted by molar-refractivity contribution is 5.80. The van der Waals surface area contributed by atoms with Crippen molar-refractivity contribution in [1.29, 1.82) is 0 Å². The summed E-state index contributed by atoms with van der Waals surface area (Å²) < 4.78 is 7.45. The summed E-state index contributed by atoms with van der Waals surface area (Å²) in [5.41, 5.74) is 3.61. The summed E-state index contributed by atoms with van der Waals surface area (Å²) in [5, 5.41) is 7.95. The van der Waals surface area contributed by atoms with Gasteiger partial charge in [-0.3, -0.25) is 9.48 Å². The van der Waals surface area contributed by atoms with Crippen molar-refractivity contribution >= 4 is 16.7 Å². The number of ether oxygens (including phenoxy) is 1. The van der Waals surface area contributed by atoms with Gasteiger partial charge in [-0.15, -0.1) is 0 Å². The molecule has 2 heterocycles. The van der Waals surface area contributed by atoms with Gasteiger partial charge in [0, 0.05) is 18.3 Å². The van der Waals surface area contributed by atoms with E-state index in [0.717, 1.165) is 36.3 Å². The first-order valence-electron chi connectivity index (χ1n) is 10.0. The highest BCUT2D eigenvalue weighted by atomic mass is 16.5. The summed E-state index contributed by atoms with van der Waals surface area (Å²) in [7, 11) is 1.62. The van der Waals surface area contributed by atoms with Crippen molar-refractivity contribution in [1.82, 2.24) is 19.7 Å². The van der Waals surface area contributed by atoms with Crippen LogP contribution in [0.15, 0.2) is 23.0 Å². The van der Waals surface area contributed by atoms with Gasteiger partial charge in [0.25, 0.3) is 5.56 Å². The Morgan fingerprint density at radius 1 is 1.29 bits per heavy atom. The van der Waals surface area contributed by atoms with Crippen LogP contribution in [0.3, 0.4) is 0 Å². The van der Waals surface area contributed by atoms with Gasteiger partial charge in [-0.1, -0.05) is 19.3 Å². The fourth-order valence-electron chi connectivity index (χ4n) is 4.11. The zero-order valence-electron chi connectivity index (χ0n) is 16.7. The van der Waals surface area contributed by atoms with Crippen molar-refractivity contribution in [3.63, 3.8) is 0 Å². The van der Waals surface area contributed by atoms with E-state index in [9.17, 15) is 4.79 Å². The molecule has 148 valence electrons. The lowest BCUT2D eigenvalue weighted by Crippen LogP contribution is -2.19. The summed E-state index contributed by atoms with van der Waals surface area (Å²) in [6.45, 7) is 4.78. The molecule has 0 saturated heterocycles. The highest BCUT2D eigenvalue weighted by Crippen LogP contribution is 2.33. The quantitative estimate of drug-likeness (QED) is 0.697. The largest absolute Gasteiger partial charge is 0.496 e. The van der Waals surface area contributed by atoms with Crippen molar-refractivity contribution < 1.29 is 4.74 Å². The molecule has 0 amide bonds. The molecule has 2 N–H and O–H groups in total. The zero-order chi connectivity index (χ0) is 19.7. The molecule has 0 bridgehead atoms. The van der Waals surface area contributed by atoms with Gasteiger partial charge in [0.1, 0.15) is 17.1 Å². The van der Waals surface area contributed by atoms with Gasteiger partial charge in [-0.05, 0) is 38.8 Å². The van der Waals surface area contributed by atoms with E-state index in [4.69, 9.17) is 9.72 Å². The zero-order valence-corrected chi connectivity index (χ0v) is 16.7. The van der Waals surface area contributed by atoms with Crippen molar-refractivity contribution in [2.75, 3.05) is 19.0 Å². The van der Waals surface area contributed by atoms with E-state index < -0.39 is 0 Å². The lowest BCUT2D eigenvalue weighted by Gasteiger charge is -2.22. The van der Waals surface area contributed by atoms with Crippen LogP contribution in [0.1, 0.15) is 50.8 Å². The number of methoxy groups -OCH3 is 1. The molecule has 2 aromatic heterocycles. The third kappa shape index (κ3) is 3.25. The van der Waals surface area contributed by atoms with Crippen LogP contribution < -0.4 is 15.6 Å². The highest BCUT2D eigenvalue weighted by Gasteiger charge is 2.23. The average molecular weight is 381 g/mol. The summed E-state index contributed by atoms with van der Waals surface area (Å²) in [6, 6.07) is 6.08. The average Bonchev–Trinajstić information content (AvgIpc) is 3.06. The molecule has 7 nitrogen and oxygen atoms in total. The second kappa shape index (κ2) is 7.66. The number of hydrogen-bond donors (Lipinski definition) is 2. The molecule has 1 aliphatic rings. The molecule has 0 aliphatic heterocycles. The topological polar surface area (TPSA) is 84.8 Å². The number of hydrogen-bond acceptors (Lipinski definition) is 5. The van der Waals surface area contributed by atoms with Gasteiger partial charge >= 0.3 is 0 Å². The Hall–Kier alpha value is -2.83. The van der Waals surface area contributed by atoms with E-state index in [-0.39, 0.29) is 11.6 Å². The maximum absolute atomic E-state index is 13.0. The van der Waals surface area contributed by atoms with Crippen LogP contribution in [0, 0.1) is 6.92 Å². The van der Waals surface area contributed by atoms with Gasteiger partial charge in [0.2, 0.25) is 0 Å². The second-order valence-electron chi connectivity index (χ2n) is 7.38. The predicted octanol–water partition coefficient (Wildman–Crippen LogP) is 4.04. The summed E-state index contributed by atoms with van der Waals surface area (Å²) in [5.74, 6) is 1.17. The molecule has 0 unspecified atom stereocenters. The standard InChI is InChI=1S/C21H27N5O2/c1-4-22-14-10-11-16(17(12-14)28-3)20-23-18-13(2)25-26(19(18)21(27)24-20)15-8-6-5-7-9-15/h10-12,15,22H,4-9H2,1-3H3,(H,23,24,27). The van der Waals surface area contributed by atoms with Crippen LogP contribution in [0.4, 0.5) is 5.69 Å². The maximum atomic E-state index is 13.0. The van der Waals surface area contributed by atoms with Crippen molar-refractivity contribution in [3.8, 4) is 17.1 Å². The molecule has 1 aromatic carbocycles. The first-order chi connectivity index (χ1) is 13.6. The first kappa shape index (κ1) is 18.5. The van der Waals surface area contributed by atoms with Crippen LogP contribution in [-0.2, 0) is 0 Å². The third-order valence-electron chi connectivity index (χ3n) is 5.48. The monoisotopic (exact) mass is 381 g/mol. The molecule has 3 aromatic rings. The molecule has 1 aliphatic carbocycles. The number of rotatable bonds is 5. The molecule has 0 radical (unpaired) electrons. The minimum absolute atomic E-state index is 0.149. The number of H-pyrrole nitrogens is 1. The van der Waals surface area contributed by atoms with Crippen molar-refractivity contribution in [3.05, 3.63) is 34.2 Å². The van der Waals surface area contributed by atoms with Crippen LogP contribution in [0.5, 0.6) is 5.75 Å². The van der Waals surface area contributed by atoms with Crippen LogP contribution >= 0.6 is 0 Å². The molecule has 0 spiro atoms. The van der Waals surface area contributed by atoms with E-state index in [0.29, 0.717) is 22.6 Å². The molecule has 4 rings (SSSR count). The van der Waals surface area contributed by atoms with Crippen molar-refractivity contribution in [2.24, 2.45) is 0 Å². The minimum atomic E-state index is -0.149. The summed E-state index contributed by atoms with van der Waals surface area (Å²) in [6.07, 6.45) is 5.76. The minimum Gasteiger partial charge on any atom is -0.496 e. The smallest absolute Gasteiger partial charge is 0.277 e. The molecule has 7 heteroatoms. The van der Waals surface area contributed by atoms with Crippen LogP contribution in [0.25, 0.3) is 22.4 Å². The number of fused-ring (bicyclic) bond motifs is 1. The Morgan fingerprint density at radius 3 is 2.79 bits per heavy atom. The van der Waals surface area contributed by atoms with E-state index in [1.165, 1.54) is 19.3 Å². The van der Waals surface area contributed by atoms with E-state index in [1.54, 1.807) is 7.11 Å². The van der Waals surface area contributed by atoms with Crippen LogP contribution in [0.2, 0.25) is 0 Å². The lowest BCUT2D eigenvalue weighted by molar-refractivity contribution is 0.336. The second-order valence-corrected chi connectivity index (χ2v) is 7.38. The first-order valence-corrected chi connectivity index (χ1v) is 10.0. The number of anilines is 1. The van der Waals surface area contributed by atoms with Crippen LogP contribution in [-0.4, -0.2) is 33.4 Å². The lowest BCUT2D eigenvalue weighted by atomic mass is 9.95. The molecule has 0 atom stereocenters. The van der Waals surface area contributed by atoms with E-state index in [1.807, 2.05) is 36.7 Å². The molecular formula is C21H27N5O2. The fraction of sp³-hybridized carbons (Fsp3) is 0.476. The van der Waals surface area contributed by atoms with E-state index >= 15 is 0 Å². The normalized spacial score (nSPS) is 15.1.